The van der Waals surface area contributed by atoms with Crippen LogP contribution in [0.1, 0.15) is 51.3 Å². The second-order valence-electron chi connectivity index (χ2n) is 6.52. The van der Waals surface area contributed by atoms with Gasteiger partial charge in [0.25, 0.3) is 5.92 Å². The summed E-state index contributed by atoms with van der Waals surface area (Å²) in [5, 5.41) is 5.52. The number of hydrogen-bond acceptors (Lipinski definition) is 2. The van der Waals surface area contributed by atoms with E-state index in [9.17, 15) is 13.0 Å². The number of fused-ring (bicyclic) bond motifs is 1. The molecule has 128 valence electrons. The predicted octanol–water partition coefficient (Wildman–Crippen LogP) is 4.10. The Balaban J connectivity index is 2.40. The van der Waals surface area contributed by atoms with E-state index in [0.29, 0.717) is 16.5 Å². The number of aromatic nitrogens is 2. The van der Waals surface area contributed by atoms with Crippen molar-refractivity contribution in [3.8, 4) is 0 Å². The molecular formula is C15H20BrF2N3OS. The predicted molar refractivity (Wildman–Crippen MR) is 91.9 cm³/mol. The number of hydrogen-bond donors (Lipinski definition) is 1. The zero-order valence-electron chi connectivity index (χ0n) is 13.4. The molecule has 2 rings (SSSR count). The molecule has 0 aliphatic heterocycles. The highest BCUT2D eigenvalue weighted by Gasteiger charge is 2.29. The molecule has 2 heterocycles. The monoisotopic (exact) mass is 407 g/mol. The average Bonchev–Trinajstić information content (AvgIpc) is 2.81. The van der Waals surface area contributed by atoms with Crippen LogP contribution in [0.3, 0.4) is 0 Å². The van der Waals surface area contributed by atoms with Gasteiger partial charge in [0.15, 0.2) is 5.65 Å². The molecule has 0 saturated heterocycles. The molecule has 8 heteroatoms. The maximum atomic E-state index is 13.5. The Morgan fingerprint density at radius 2 is 2.00 bits per heavy atom. The van der Waals surface area contributed by atoms with Crippen LogP contribution in [0.2, 0.25) is 0 Å². The third-order valence-electron chi connectivity index (χ3n) is 3.88. The summed E-state index contributed by atoms with van der Waals surface area (Å²) in [6.45, 7) is 6.49. The molecule has 2 aromatic rings. The number of pyridine rings is 1. The van der Waals surface area contributed by atoms with Crippen molar-refractivity contribution in [2.24, 2.45) is 5.14 Å². The Bertz CT molecular complexity index is 755. The van der Waals surface area contributed by atoms with Crippen LogP contribution in [-0.4, -0.2) is 18.3 Å². The number of nitrogens with two attached hydrogens (primary N) is 1. The number of rotatable bonds is 5. The fourth-order valence-electron chi connectivity index (χ4n) is 2.48. The summed E-state index contributed by atoms with van der Waals surface area (Å²) < 4.78 is 40.2. The highest BCUT2D eigenvalue weighted by Crippen LogP contribution is 2.33. The molecule has 2 atom stereocenters. The van der Waals surface area contributed by atoms with Gasteiger partial charge in [0.1, 0.15) is 0 Å². The molecule has 0 saturated carbocycles. The first kappa shape index (κ1) is 18.5. The van der Waals surface area contributed by atoms with Crippen molar-refractivity contribution in [3.63, 3.8) is 0 Å². The minimum Gasteiger partial charge on any atom is -0.305 e. The summed E-state index contributed by atoms with van der Waals surface area (Å²) in [4.78, 5) is 4.51. The summed E-state index contributed by atoms with van der Waals surface area (Å²) in [5.41, 5.74) is 1.24. The highest BCUT2D eigenvalue weighted by molar-refractivity contribution is 9.10. The van der Waals surface area contributed by atoms with E-state index in [1.165, 1.54) is 12.3 Å². The zero-order valence-corrected chi connectivity index (χ0v) is 15.8. The Hall–Kier alpha value is -0.860. The van der Waals surface area contributed by atoms with E-state index in [2.05, 4.69) is 20.9 Å². The van der Waals surface area contributed by atoms with E-state index in [4.69, 9.17) is 5.14 Å². The lowest BCUT2D eigenvalue weighted by atomic mass is 9.96. The van der Waals surface area contributed by atoms with Gasteiger partial charge in [-0.1, -0.05) is 6.92 Å². The van der Waals surface area contributed by atoms with Crippen LogP contribution in [0.5, 0.6) is 0 Å². The van der Waals surface area contributed by atoms with Crippen LogP contribution in [0.25, 0.3) is 5.65 Å². The van der Waals surface area contributed by atoms with Gasteiger partial charge in [0.2, 0.25) is 0 Å². The van der Waals surface area contributed by atoms with Crippen LogP contribution >= 0.6 is 15.9 Å². The van der Waals surface area contributed by atoms with Crippen LogP contribution in [0.4, 0.5) is 8.78 Å². The number of nitrogens with zero attached hydrogens (tertiary/aromatic N) is 2. The first-order valence-electron chi connectivity index (χ1n) is 7.14. The zero-order chi connectivity index (χ0) is 17.6. The highest BCUT2D eigenvalue weighted by atomic mass is 79.9. The summed E-state index contributed by atoms with van der Waals surface area (Å²) in [7, 11) is -1.45. The Morgan fingerprint density at radius 1 is 1.39 bits per heavy atom. The first-order valence-corrected chi connectivity index (χ1v) is 9.15. The van der Waals surface area contributed by atoms with Crippen molar-refractivity contribution in [2.45, 2.75) is 50.7 Å². The lowest BCUT2D eigenvalue weighted by molar-refractivity contribution is 0.0170. The van der Waals surface area contributed by atoms with E-state index < -0.39 is 21.7 Å². The summed E-state index contributed by atoms with van der Waals surface area (Å²) in [5.74, 6) is -2.93. The Morgan fingerprint density at radius 3 is 2.52 bits per heavy atom. The molecule has 0 aromatic carbocycles. The molecule has 0 bridgehead atoms. The molecule has 0 aliphatic carbocycles. The third kappa shape index (κ3) is 3.97. The van der Waals surface area contributed by atoms with Crippen molar-refractivity contribution in [1.29, 1.82) is 0 Å². The van der Waals surface area contributed by atoms with Crippen LogP contribution in [0.15, 0.2) is 22.9 Å². The van der Waals surface area contributed by atoms with Crippen molar-refractivity contribution in [2.75, 3.05) is 0 Å². The van der Waals surface area contributed by atoms with E-state index >= 15 is 0 Å². The molecule has 0 spiro atoms. The maximum Gasteiger partial charge on any atom is 0.271 e. The fourth-order valence-corrected chi connectivity index (χ4v) is 3.43. The van der Waals surface area contributed by atoms with Gasteiger partial charge in [-0.25, -0.2) is 18.0 Å². The molecule has 4 nitrogen and oxygen atoms in total. The van der Waals surface area contributed by atoms with E-state index in [1.807, 2.05) is 20.8 Å². The van der Waals surface area contributed by atoms with Crippen molar-refractivity contribution in [1.82, 2.24) is 9.38 Å². The van der Waals surface area contributed by atoms with Gasteiger partial charge in [-0.3, -0.25) is 5.14 Å². The van der Waals surface area contributed by atoms with Gasteiger partial charge < -0.3 is 4.40 Å². The van der Waals surface area contributed by atoms with Gasteiger partial charge in [-0.2, -0.15) is 0 Å². The Kier molecular flexibility index (Phi) is 4.99. The second-order valence-corrected chi connectivity index (χ2v) is 9.08. The largest absolute Gasteiger partial charge is 0.305 e. The van der Waals surface area contributed by atoms with Gasteiger partial charge in [0.05, 0.1) is 25.9 Å². The van der Waals surface area contributed by atoms with Crippen molar-refractivity contribution < 1.29 is 13.0 Å². The van der Waals surface area contributed by atoms with Crippen molar-refractivity contribution in [3.05, 3.63) is 34.2 Å². The SMILES string of the molecule is C[C@H](CC(C)(C)S(N)=O)c1cn2cc(C(C)(F)F)cc(Br)c2n1. The minimum absolute atomic E-state index is 0.00473. The quantitative estimate of drug-likeness (QED) is 0.810. The lowest BCUT2D eigenvalue weighted by Crippen LogP contribution is -2.33. The van der Waals surface area contributed by atoms with Gasteiger partial charge in [-0.05, 0) is 42.3 Å². The van der Waals surface area contributed by atoms with E-state index in [0.717, 1.165) is 12.6 Å². The minimum atomic E-state index is -2.93. The third-order valence-corrected chi connectivity index (χ3v) is 5.72. The van der Waals surface area contributed by atoms with Gasteiger partial charge in [0, 0.05) is 30.8 Å². The molecule has 0 fully saturated rings. The van der Waals surface area contributed by atoms with E-state index in [1.54, 1.807) is 10.6 Å². The van der Waals surface area contributed by atoms with Gasteiger partial charge >= 0.3 is 0 Å². The Labute approximate surface area is 145 Å². The lowest BCUT2D eigenvalue weighted by Gasteiger charge is -2.24. The summed E-state index contributed by atoms with van der Waals surface area (Å²) in [6.07, 6.45) is 3.69. The fraction of sp³-hybridized carbons (Fsp3) is 0.533. The normalized spacial score (nSPS) is 15.8. The topological polar surface area (TPSA) is 60.4 Å². The number of halogens is 3. The molecule has 0 amide bonds. The molecule has 2 aromatic heterocycles. The van der Waals surface area contributed by atoms with Crippen LogP contribution in [-0.2, 0) is 16.9 Å². The molecule has 1 unspecified atom stereocenters. The number of imidazole rings is 1. The summed E-state index contributed by atoms with van der Waals surface area (Å²) in [6, 6.07) is 1.38. The first-order chi connectivity index (χ1) is 10.4. The number of alkyl halides is 2. The maximum absolute atomic E-state index is 13.5. The molecule has 0 radical (unpaired) electrons. The molecule has 0 aliphatic rings. The van der Waals surface area contributed by atoms with Crippen LogP contribution in [0, 0.1) is 0 Å². The van der Waals surface area contributed by atoms with E-state index in [-0.39, 0.29) is 11.5 Å². The van der Waals surface area contributed by atoms with Crippen molar-refractivity contribution >= 4 is 32.6 Å². The molecule has 23 heavy (non-hydrogen) atoms. The average molecular weight is 408 g/mol. The van der Waals surface area contributed by atoms with Crippen LogP contribution < -0.4 is 5.14 Å². The standard InChI is InChI=1S/C15H20BrF2N3OS/c1-9(6-14(2,3)23(19)22)12-8-21-7-10(15(4,17)18)5-11(16)13(21)20-12/h5,7-9H,6,19H2,1-4H3/t9-,23?/m1/s1. The van der Waals surface area contributed by atoms with Gasteiger partial charge in [-0.15, -0.1) is 0 Å². The molecule has 2 N–H and O–H groups in total. The molecular weight excluding hydrogens is 388 g/mol. The summed E-state index contributed by atoms with van der Waals surface area (Å²) >= 11 is 3.30. The smallest absolute Gasteiger partial charge is 0.271 e. The second kappa shape index (κ2) is 6.22.